The smallest absolute Gasteiger partial charge is 0.263 e. The molecule has 0 saturated heterocycles. The molecule has 2 N–H and O–H groups in total. The van der Waals surface area contributed by atoms with Crippen LogP contribution >= 0.6 is 46.4 Å². The Bertz CT molecular complexity index is 1130. The lowest BCUT2D eigenvalue weighted by Gasteiger charge is -2.25. The van der Waals surface area contributed by atoms with Gasteiger partial charge in [-0.05, 0) is 6.07 Å². The topological polar surface area (TPSA) is 57.6 Å². The summed E-state index contributed by atoms with van der Waals surface area (Å²) in [7, 11) is 3.94. The summed E-state index contributed by atoms with van der Waals surface area (Å²) in [4.78, 5) is 31.6. The summed E-state index contributed by atoms with van der Waals surface area (Å²) >= 11 is 24.6. The van der Waals surface area contributed by atoms with Gasteiger partial charge >= 0.3 is 0 Å². The molecule has 0 spiro atoms. The Morgan fingerprint density at radius 2 is 1.48 bits per heavy atom. The first kappa shape index (κ1) is 20.5. The summed E-state index contributed by atoms with van der Waals surface area (Å²) in [5, 5.41) is 0.853. The summed E-state index contributed by atoms with van der Waals surface area (Å²) in [5.74, 6) is -1.05. The van der Waals surface area contributed by atoms with E-state index in [2.05, 4.69) is 4.98 Å². The second-order valence-corrected chi connectivity index (χ2v) is 8.66. The van der Waals surface area contributed by atoms with Gasteiger partial charge in [0.25, 0.3) is 11.8 Å². The maximum Gasteiger partial charge on any atom is 0.263 e. The second-order valence-electron chi connectivity index (χ2n) is 7.15. The molecule has 0 bridgehead atoms. The number of nitrogens with one attached hydrogen (secondary N) is 2. The highest BCUT2D eigenvalue weighted by molar-refractivity contribution is 6.55. The number of aromatic nitrogens is 1. The fourth-order valence-corrected chi connectivity index (χ4v) is 4.73. The maximum atomic E-state index is 13.1. The van der Waals surface area contributed by atoms with Crippen molar-refractivity contribution in [2.45, 2.75) is 6.04 Å². The van der Waals surface area contributed by atoms with E-state index in [1.807, 2.05) is 44.6 Å². The predicted molar refractivity (Wildman–Crippen MR) is 116 cm³/mol. The van der Waals surface area contributed by atoms with Gasteiger partial charge in [-0.3, -0.25) is 14.5 Å². The van der Waals surface area contributed by atoms with Crippen molar-refractivity contribution in [3.05, 3.63) is 67.2 Å². The second kappa shape index (κ2) is 7.49. The molecule has 1 aromatic heterocycles. The molecule has 5 nitrogen and oxygen atoms in total. The number of likely N-dealkylation sites (N-methyl/N-ethyl adjacent to an activating group) is 1. The molecule has 0 saturated carbocycles. The number of imide groups is 1. The van der Waals surface area contributed by atoms with Crippen LogP contribution < -0.4 is 4.90 Å². The molecule has 3 aromatic rings. The standard InChI is InChI=1S/C20H15Cl4N3O2/c1-26(2)12(10-7-25-11-6-4-3-5-9(10)11)8-27-19(28)13-14(20(27)29)16(22)18(24)17(23)15(13)21/h3-7,12,25H,8H2,1-2H3/p+1/t12-/m0/s1. The number of carbonyl (C=O) groups is 2. The zero-order valence-corrected chi connectivity index (χ0v) is 18.5. The lowest BCUT2D eigenvalue weighted by Crippen LogP contribution is -3.07. The van der Waals surface area contributed by atoms with Gasteiger partial charge in [-0.1, -0.05) is 64.6 Å². The predicted octanol–water partition coefficient (Wildman–Crippen LogP) is 4.26. The minimum atomic E-state index is -0.526. The summed E-state index contributed by atoms with van der Waals surface area (Å²) in [6.45, 7) is 0.151. The molecule has 29 heavy (non-hydrogen) atoms. The average molecular weight is 472 g/mol. The highest BCUT2D eigenvalue weighted by Gasteiger charge is 2.43. The molecule has 1 aliphatic heterocycles. The van der Waals surface area contributed by atoms with Crippen LogP contribution in [0.2, 0.25) is 20.1 Å². The van der Waals surface area contributed by atoms with Crippen LogP contribution in [0.25, 0.3) is 10.9 Å². The first-order chi connectivity index (χ1) is 13.7. The molecule has 0 fully saturated rings. The molecular formula is C20H16Cl4N3O2+. The van der Waals surface area contributed by atoms with Gasteiger partial charge in [-0.15, -0.1) is 0 Å². The van der Waals surface area contributed by atoms with Crippen LogP contribution in [0.15, 0.2) is 30.5 Å². The van der Waals surface area contributed by atoms with Crippen LogP contribution in [-0.2, 0) is 0 Å². The Morgan fingerprint density at radius 1 is 0.931 bits per heavy atom. The number of H-pyrrole nitrogens is 1. The molecular weight excluding hydrogens is 456 g/mol. The summed E-state index contributed by atoms with van der Waals surface area (Å²) in [5.41, 5.74) is 2.00. The summed E-state index contributed by atoms with van der Waals surface area (Å²) in [6.07, 6.45) is 1.91. The number of quaternary nitrogens is 1. The van der Waals surface area contributed by atoms with E-state index in [4.69, 9.17) is 46.4 Å². The maximum absolute atomic E-state index is 13.1. The van der Waals surface area contributed by atoms with Gasteiger partial charge in [0.15, 0.2) is 0 Å². The van der Waals surface area contributed by atoms with Crippen molar-refractivity contribution in [3.63, 3.8) is 0 Å². The Morgan fingerprint density at radius 3 is 2.03 bits per heavy atom. The third kappa shape index (κ3) is 3.13. The van der Waals surface area contributed by atoms with Crippen molar-refractivity contribution in [3.8, 4) is 0 Å². The molecule has 0 radical (unpaired) electrons. The molecule has 1 atom stereocenters. The molecule has 2 amide bonds. The molecule has 0 aliphatic carbocycles. The fourth-order valence-electron chi connectivity index (χ4n) is 3.72. The van der Waals surface area contributed by atoms with E-state index in [0.717, 1.165) is 26.3 Å². The number of halogens is 4. The Labute approximate surface area is 187 Å². The normalized spacial score (nSPS) is 14.9. The van der Waals surface area contributed by atoms with E-state index in [0.29, 0.717) is 0 Å². The molecule has 0 unspecified atom stereocenters. The van der Waals surface area contributed by atoms with Crippen molar-refractivity contribution in [1.82, 2.24) is 9.88 Å². The number of rotatable bonds is 4. The van der Waals surface area contributed by atoms with E-state index >= 15 is 0 Å². The number of benzene rings is 2. The molecule has 2 aromatic carbocycles. The number of carbonyl (C=O) groups excluding carboxylic acids is 2. The van der Waals surface area contributed by atoms with E-state index in [1.54, 1.807) is 0 Å². The number of para-hydroxylation sites is 1. The zero-order valence-electron chi connectivity index (χ0n) is 15.4. The first-order valence-electron chi connectivity index (χ1n) is 8.82. The van der Waals surface area contributed by atoms with Crippen molar-refractivity contribution in [2.24, 2.45) is 0 Å². The lowest BCUT2D eigenvalue weighted by molar-refractivity contribution is -0.891. The Kier molecular flexibility index (Phi) is 5.30. The van der Waals surface area contributed by atoms with Crippen molar-refractivity contribution in [2.75, 3.05) is 20.6 Å². The molecule has 2 heterocycles. The molecule has 1 aliphatic rings. The van der Waals surface area contributed by atoms with Crippen LogP contribution in [0.5, 0.6) is 0 Å². The highest BCUT2D eigenvalue weighted by Crippen LogP contribution is 2.45. The monoisotopic (exact) mass is 470 g/mol. The number of fused-ring (bicyclic) bond motifs is 2. The number of hydrogen-bond acceptors (Lipinski definition) is 2. The Hall–Kier alpha value is -1.76. The Balaban J connectivity index is 1.77. The minimum Gasteiger partial charge on any atom is -0.361 e. The molecule has 150 valence electrons. The van der Waals surface area contributed by atoms with Gasteiger partial charge in [0, 0.05) is 22.7 Å². The van der Waals surface area contributed by atoms with Crippen LogP contribution in [-0.4, -0.2) is 42.3 Å². The van der Waals surface area contributed by atoms with E-state index in [1.165, 1.54) is 0 Å². The van der Waals surface area contributed by atoms with Gasteiger partial charge < -0.3 is 9.88 Å². The number of hydrogen-bond donors (Lipinski definition) is 2. The number of aromatic amines is 1. The lowest BCUT2D eigenvalue weighted by atomic mass is 10.0. The van der Waals surface area contributed by atoms with Gasteiger partial charge in [-0.2, -0.15) is 0 Å². The minimum absolute atomic E-state index is 0.00231. The van der Waals surface area contributed by atoms with Crippen LogP contribution in [0.3, 0.4) is 0 Å². The fraction of sp³-hybridized carbons (Fsp3) is 0.200. The first-order valence-corrected chi connectivity index (χ1v) is 10.3. The zero-order chi connectivity index (χ0) is 21.0. The van der Waals surface area contributed by atoms with Crippen molar-refractivity contribution < 1.29 is 14.5 Å². The van der Waals surface area contributed by atoms with Gasteiger partial charge in [-0.25, -0.2) is 0 Å². The van der Waals surface area contributed by atoms with Crippen molar-refractivity contribution in [1.29, 1.82) is 0 Å². The summed E-state index contributed by atoms with van der Waals surface area (Å²) in [6, 6.07) is 7.71. The number of nitrogens with zero attached hydrogens (tertiary/aromatic N) is 1. The van der Waals surface area contributed by atoms with Gasteiger partial charge in [0.2, 0.25) is 0 Å². The average Bonchev–Trinajstić information content (AvgIpc) is 3.22. The van der Waals surface area contributed by atoms with E-state index < -0.39 is 11.8 Å². The third-order valence-corrected chi connectivity index (χ3v) is 7.05. The summed E-state index contributed by atoms with van der Waals surface area (Å²) < 4.78 is 0. The van der Waals surface area contributed by atoms with Gasteiger partial charge in [0.1, 0.15) is 6.04 Å². The van der Waals surface area contributed by atoms with E-state index in [9.17, 15) is 9.59 Å². The van der Waals surface area contributed by atoms with Crippen LogP contribution in [0.4, 0.5) is 0 Å². The van der Waals surface area contributed by atoms with Gasteiger partial charge in [0.05, 0.1) is 51.9 Å². The largest absolute Gasteiger partial charge is 0.361 e. The molecule has 9 heteroatoms. The number of amides is 2. The molecule has 4 rings (SSSR count). The van der Waals surface area contributed by atoms with Crippen LogP contribution in [0.1, 0.15) is 32.3 Å². The quantitative estimate of drug-likeness (QED) is 0.339. The van der Waals surface area contributed by atoms with Crippen molar-refractivity contribution >= 4 is 69.1 Å². The third-order valence-electron chi connectivity index (χ3n) is 5.24. The van der Waals surface area contributed by atoms with Crippen LogP contribution in [0, 0.1) is 0 Å². The SMILES string of the molecule is C[NH+](C)[C@@H](CN1C(=O)c2c(Cl)c(Cl)c(Cl)c(Cl)c2C1=O)c1c[nH]c2ccccc12. The van der Waals surface area contributed by atoms with E-state index in [-0.39, 0.29) is 43.8 Å². The highest BCUT2D eigenvalue weighted by atomic mass is 35.5.